The van der Waals surface area contributed by atoms with Crippen molar-refractivity contribution in [2.24, 2.45) is 4.99 Å². The topological polar surface area (TPSA) is 15.6 Å². The quantitative estimate of drug-likeness (QED) is 0.369. The minimum atomic E-state index is 0.913. The van der Waals surface area contributed by atoms with Gasteiger partial charge in [-0.2, -0.15) is 0 Å². The summed E-state index contributed by atoms with van der Waals surface area (Å²) in [4.78, 5) is 7.38. The van der Waals surface area contributed by atoms with Gasteiger partial charge in [0, 0.05) is 19.6 Å². The van der Waals surface area contributed by atoms with Crippen molar-refractivity contribution in [3.8, 4) is 0 Å². The van der Waals surface area contributed by atoms with Crippen LogP contribution in [0.3, 0.4) is 0 Å². The fraction of sp³-hybridized carbons (Fsp3) is 0.933. The van der Waals surface area contributed by atoms with Crippen LogP contribution < -0.4 is 0 Å². The van der Waals surface area contributed by atoms with Crippen molar-refractivity contribution in [2.45, 2.75) is 53.4 Å². The van der Waals surface area contributed by atoms with Crippen LogP contribution in [0.1, 0.15) is 53.4 Å². The molecule has 18 heavy (non-hydrogen) atoms. The number of nitrogens with zero attached hydrogens (tertiary/aromatic N) is 3. The molecular weight excluding hydrogens is 222 g/mol. The van der Waals surface area contributed by atoms with E-state index in [1.807, 2.05) is 0 Å². The third-order valence-corrected chi connectivity index (χ3v) is 3.07. The molecule has 0 saturated heterocycles. The highest BCUT2D eigenvalue weighted by Crippen LogP contribution is 2.09. The minimum Gasteiger partial charge on any atom is -0.311 e. The first-order chi connectivity index (χ1) is 8.53. The molecule has 0 aliphatic heterocycles. The molecule has 0 bridgehead atoms. The van der Waals surface area contributed by atoms with Crippen LogP contribution in [0.25, 0.3) is 0 Å². The fourth-order valence-electron chi connectivity index (χ4n) is 2.40. The van der Waals surface area contributed by atoms with Crippen LogP contribution in [-0.4, -0.2) is 55.6 Å². The number of hydrogen-bond acceptors (Lipinski definition) is 1. The van der Waals surface area contributed by atoms with Gasteiger partial charge >= 0.3 is 0 Å². The van der Waals surface area contributed by atoms with E-state index in [-0.39, 0.29) is 0 Å². The molecule has 0 aliphatic carbocycles. The Hall–Kier alpha value is -0.570. The summed E-state index contributed by atoms with van der Waals surface area (Å²) in [5, 5.41) is 0. The molecule has 0 fully saturated rings. The van der Waals surface area contributed by atoms with Crippen LogP contribution >= 0.6 is 0 Å². The molecule has 0 saturated carbocycles. The maximum Gasteiger partial charge on any atom is 0.299 e. The second-order valence-electron chi connectivity index (χ2n) is 5.58. The van der Waals surface area contributed by atoms with Crippen LogP contribution in [-0.2, 0) is 0 Å². The van der Waals surface area contributed by atoms with Crippen LogP contribution in [0.15, 0.2) is 4.99 Å². The monoisotopic (exact) mass is 256 g/mol. The number of hydrogen-bond donors (Lipinski definition) is 0. The van der Waals surface area contributed by atoms with Gasteiger partial charge in [0.2, 0.25) is 0 Å². The van der Waals surface area contributed by atoms with Crippen LogP contribution in [0.5, 0.6) is 0 Å². The van der Waals surface area contributed by atoms with Crippen molar-refractivity contribution in [3.05, 3.63) is 0 Å². The molecule has 0 amide bonds. The molecule has 3 nitrogen and oxygen atoms in total. The minimum absolute atomic E-state index is 0.913. The van der Waals surface area contributed by atoms with Gasteiger partial charge in [-0.25, -0.2) is 4.99 Å². The van der Waals surface area contributed by atoms with Gasteiger partial charge in [0.15, 0.2) is 0 Å². The highest BCUT2D eigenvalue weighted by molar-refractivity contribution is 5.73. The van der Waals surface area contributed by atoms with Gasteiger partial charge in [0.05, 0.1) is 20.6 Å². The van der Waals surface area contributed by atoms with E-state index in [2.05, 4.69) is 46.7 Å². The molecular formula is C15H34N3+. The van der Waals surface area contributed by atoms with E-state index in [9.17, 15) is 0 Å². The summed E-state index contributed by atoms with van der Waals surface area (Å²) >= 11 is 0. The van der Waals surface area contributed by atoms with E-state index < -0.39 is 0 Å². The number of aliphatic imine (C=N–C) groups is 1. The van der Waals surface area contributed by atoms with Gasteiger partial charge in [-0.3, -0.25) is 4.48 Å². The Morgan fingerprint density at radius 1 is 0.889 bits per heavy atom. The third-order valence-electron chi connectivity index (χ3n) is 3.07. The summed E-state index contributed by atoms with van der Waals surface area (Å²) in [6.07, 6.45) is 4.71. The summed E-state index contributed by atoms with van der Waals surface area (Å²) in [7, 11) is 4.58. The SMILES string of the molecule is CCCN=C(N(CCC)CCC)[N+](C)(C)CCC. The lowest BCUT2D eigenvalue weighted by Crippen LogP contribution is -2.55. The number of rotatable bonds is 8. The Labute approximate surface area is 114 Å². The predicted molar refractivity (Wildman–Crippen MR) is 82.0 cm³/mol. The van der Waals surface area contributed by atoms with Crippen LogP contribution in [0.4, 0.5) is 0 Å². The molecule has 0 heterocycles. The van der Waals surface area contributed by atoms with Crippen molar-refractivity contribution in [1.82, 2.24) is 4.90 Å². The molecule has 0 spiro atoms. The van der Waals surface area contributed by atoms with E-state index in [1.54, 1.807) is 0 Å². The molecule has 0 aromatic rings. The molecule has 0 rings (SSSR count). The Morgan fingerprint density at radius 2 is 1.44 bits per heavy atom. The molecule has 0 aliphatic rings. The fourth-order valence-corrected chi connectivity index (χ4v) is 2.40. The smallest absolute Gasteiger partial charge is 0.299 e. The molecule has 0 atom stereocenters. The van der Waals surface area contributed by atoms with E-state index in [0.29, 0.717) is 0 Å². The summed E-state index contributed by atoms with van der Waals surface area (Å²) in [6, 6.07) is 0. The van der Waals surface area contributed by atoms with E-state index in [4.69, 9.17) is 4.99 Å². The maximum absolute atomic E-state index is 4.88. The standard InChI is InChI=1S/C15H34N3/c1-7-11-16-15(18(5,6)14-10-4)17(12-8-2)13-9-3/h7-14H2,1-6H3/q+1. The maximum atomic E-state index is 4.88. The Morgan fingerprint density at radius 3 is 1.83 bits per heavy atom. The summed E-state index contributed by atoms with van der Waals surface area (Å²) in [5.74, 6) is 1.28. The third kappa shape index (κ3) is 5.85. The van der Waals surface area contributed by atoms with Gasteiger partial charge < -0.3 is 4.90 Å². The summed E-state index contributed by atoms with van der Waals surface area (Å²) < 4.78 is 0.913. The Balaban J connectivity index is 5.04. The lowest BCUT2D eigenvalue weighted by Gasteiger charge is -2.36. The number of guanidine groups is 1. The summed E-state index contributed by atoms with van der Waals surface area (Å²) in [5.41, 5.74) is 0. The zero-order chi connectivity index (χ0) is 14.0. The first kappa shape index (κ1) is 17.4. The van der Waals surface area contributed by atoms with E-state index in [1.165, 1.54) is 25.2 Å². The van der Waals surface area contributed by atoms with Crippen molar-refractivity contribution >= 4 is 5.96 Å². The van der Waals surface area contributed by atoms with Crippen molar-refractivity contribution in [3.63, 3.8) is 0 Å². The second kappa shape index (κ2) is 9.37. The Kier molecular flexibility index (Phi) is 9.08. The van der Waals surface area contributed by atoms with Gasteiger partial charge in [-0.1, -0.05) is 27.7 Å². The molecule has 0 unspecified atom stereocenters. The second-order valence-corrected chi connectivity index (χ2v) is 5.58. The normalized spacial score (nSPS) is 12.9. The zero-order valence-corrected chi connectivity index (χ0v) is 13.5. The molecule has 3 heteroatoms. The summed E-state index contributed by atoms with van der Waals surface area (Å²) in [6.45, 7) is 13.3. The molecule has 0 radical (unpaired) electrons. The first-order valence-corrected chi connectivity index (χ1v) is 7.66. The van der Waals surface area contributed by atoms with Crippen LogP contribution in [0, 0.1) is 0 Å². The van der Waals surface area contributed by atoms with Crippen LogP contribution in [0.2, 0.25) is 0 Å². The molecule has 0 N–H and O–H groups in total. The highest BCUT2D eigenvalue weighted by Gasteiger charge is 2.27. The average molecular weight is 256 g/mol. The van der Waals surface area contributed by atoms with Crippen molar-refractivity contribution in [2.75, 3.05) is 40.3 Å². The average Bonchev–Trinajstić information content (AvgIpc) is 2.29. The van der Waals surface area contributed by atoms with Gasteiger partial charge in [0.1, 0.15) is 0 Å². The van der Waals surface area contributed by atoms with Crippen molar-refractivity contribution < 1.29 is 4.48 Å². The van der Waals surface area contributed by atoms with Gasteiger partial charge in [-0.05, 0) is 25.7 Å². The molecule has 0 aromatic carbocycles. The van der Waals surface area contributed by atoms with Crippen molar-refractivity contribution in [1.29, 1.82) is 0 Å². The number of quaternary nitrogens is 1. The van der Waals surface area contributed by atoms with Gasteiger partial charge in [0.25, 0.3) is 5.96 Å². The lowest BCUT2D eigenvalue weighted by molar-refractivity contribution is -0.805. The lowest BCUT2D eigenvalue weighted by atomic mass is 10.3. The largest absolute Gasteiger partial charge is 0.311 e. The first-order valence-electron chi connectivity index (χ1n) is 7.66. The van der Waals surface area contributed by atoms with Gasteiger partial charge in [-0.15, -0.1) is 0 Å². The molecule has 0 aromatic heterocycles. The van der Waals surface area contributed by atoms with E-state index in [0.717, 1.165) is 37.1 Å². The molecule has 108 valence electrons. The predicted octanol–water partition coefficient (Wildman–Crippen LogP) is 3.36. The Bertz CT molecular complexity index is 228. The van der Waals surface area contributed by atoms with E-state index >= 15 is 0 Å². The highest BCUT2D eigenvalue weighted by atomic mass is 15.5. The zero-order valence-electron chi connectivity index (χ0n) is 13.5.